The van der Waals surface area contributed by atoms with Crippen molar-refractivity contribution < 1.29 is 4.79 Å². The first-order chi connectivity index (χ1) is 16.3. The maximum Gasteiger partial charge on any atom is 0.234 e. The molecule has 2 aliphatic rings. The van der Waals surface area contributed by atoms with E-state index in [1.807, 2.05) is 34.7 Å². The van der Waals surface area contributed by atoms with E-state index < -0.39 is 5.92 Å². The van der Waals surface area contributed by atoms with Gasteiger partial charge in [-0.05, 0) is 55.7 Å². The van der Waals surface area contributed by atoms with Gasteiger partial charge in [-0.2, -0.15) is 5.10 Å². The Morgan fingerprint density at radius 1 is 0.971 bits per heavy atom. The van der Waals surface area contributed by atoms with Crippen LogP contribution in [0.1, 0.15) is 29.7 Å². The Kier molecular flexibility index (Phi) is 6.13. The Morgan fingerprint density at radius 3 is 2.47 bits per heavy atom. The molecule has 3 heterocycles. The van der Waals surface area contributed by atoms with Crippen LogP contribution in [0.3, 0.4) is 0 Å². The van der Waals surface area contributed by atoms with E-state index in [4.69, 9.17) is 28.2 Å². The van der Waals surface area contributed by atoms with Crippen molar-refractivity contribution in [1.29, 1.82) is 0 Å². The molecule has 2 unspecified atom stereocenters. The lowest BCUT2D eigenvalue weighted by atomic mass is 9.87. The van der Waals surface area contributed by atoms with Crippen LogP contribution in [0, 0.1) is 19.8 Å². The summed E-state index contributed by atoms with van der Waals surface area (Å²) in [5, 5.41) is 5.45. The fourth-order valence-corrected chi connectivity index (χ4v) is 5.32. The molecule has 0 radical (unpaired) electrons. The van der Waals surface area contributed by atoms with Crippen molar-refractivity contribution >= 4 is 46.3 Å². The first-order valence-electron chi connectivity index (χ1n) is 11.5. The molecule has 8 heteroatoms. The molecule has 0 aliphatic carbocycles. The summed E-state index contributed by atoms with van der Waals surface area (Å²) >= 11 is 12.5. The number of fused-ring (bicyclic) bond motifs is 1. The van der Waals surface area contributed by atoms with Gasteiger partial charge in [-0.1, -0.05) is 41.4 Å². The van der Waals surface area contributed by atoms with E-state index in [0.717, 1.165) is 30.2 Å². The lowest BCUT2D eigenvalue weighted by molar-refractivity contribution is -0.134. The monoisotopic (exact) mass is 495 g/mol. The summed E-state index contributed by atoms with van der Waals surface area (Å²) in [4.78, 5) is 23.0. The number of piperazine rings is 1. The summed E-state index contributed by atoms with van der Waals surface area (Å²) in [5.41, 5.74) is 5.50. The fourth-order valence-electron chi connectivity index (χ4n) is 5.02. The summed E-state index contributed by atoms with van der Waals surface area (Å²) < 4.78 is 1.82. The highest BCUT2D eigenvalue weighted by atomic mass is 35.5. The van der Waals surface area contributed by atoms with Gasteiger partial charge in [0.2, 0.25) is 5.91 Å². The van der Waals surface area contributed by atoms with Crippen molar-refractivity contribution in [2.75, 3.05) is 31.1 Å². The Hall–Kier alpha value is -2.83. The van der Waals surface area contributed by atoms with Crippen LogP contribution in [0.2, 0.25) is 10.0 Å². The van der Waals surface area contributed by atoms with Gasteiger partial charge in [-0.25, -0.2) is 9.67 Å². The fraction of sp³-hybridized carbons (Fsp3) is 0.346. The van der Waals surface area contributed by atoms with Gasteiger partial charge in [0, 0.05) is 43.6 Å². The molecule has 2 aromatic carbocycles. The van der Waals surface area contributed by atoms with E-state index in [0.29, 0.717) is 23.1 Å². The second-order valence-corrected chi connectivity index (χ2v) is 9.83. The SMILES string of the molecule is CC1=Nc2ccnn2C(c2ccc(Cl)c(Cl)c2)C1C(=O)N1CCN(c2cccc(C)c2C)CC1. The van der Waals surface area contributed by atoms with Crippen LogP contribution in [0.5, 0.6) is 0 Å². The van der Waals surface area contributed by atoms with E-state index in [9.17, 15) is 4.79 Å². The first kappa shape index (κ1) is 22.9. The lowest BCUT2D eigenvalue weighted by Crippen LogP contribution is -2.53. The number of hydrogen-bond donors (Lipinski definition) is 0. The zero-order chi connectivity index (χ0) is 24.0. The van der Waals surface area contributed by atoms with Crippen molar-refractivity contribution in [2.24, 2.45) is 10.9 Å². The molecule has 0 bridgehead atoms. The predicted molar refractivity (Wildman–Crippen MR) is 138 cm³/mol. The highest BCUT2D eigenvalue weighted by Crippen LogP contribution is 2.39. The van der Waals surface area contributed by atoms with Crippen LogP contribution < -0.4 is 4.90 Å². The van der Waals surface area contributed by atoms with Crippen molar-refractivity contribution in [3.8, 4) is 0 Å². The van der Waals surface area contributed by atoms with Crippen LogP contribution in [-0.2, 0) is 4.79 Å². The van der Waals surface area contributed by atoms with Crippen LogP contribution >= 0.6 is 23.2 Å². The van der Waals surface area contributed by atoms with Crippen molar-refractivity contribution in [2.45, 2.75) is 26.8 Å². The highest BCUT2D eigenvalue weighted by Gasteiger charge is 2.41. The molecule has 1 aromatic heterocycles. The smallest absolute Gasteiger partial charge is 0.234 e. The second kappa shape index (κ2) is 9.08. The van der Waals surface area contributed by atoms with E-state index in [2.05, 4.69) is 42.0 Å². The minimum absolute atomic E-state index is 0.0686. The standard InChI is InChI=1S/C26H27Cl2N5O/c1-16-5-4-6-22(17(16)2)31-11-13-32(14-12-31)26(34)24-18(3)30-23-9-10-29-33(23)25(24)19-7-8-20(27)21(28)15-19/h4-10,15,24-25H,11-14H2,1-3H3. The number of amides is 1. The normalized spacial score (nSPS) is 20.2. The summed E-state index contributed by atoms with van der Waals surface area (Å²) in [6, 6.07) is 13.4. The van der Waals surface area contributed by atoms with Gasteiger partial charge in [0.25, 0.3) is 0 Å². The molecule has 0 N–H and O–H groups in total. The third kappa shape index (κ3) is 3.99. The molecule has 1 fully saturated rings. The minimum atomic E-state index is -0.461. The van der Waals surface area contributed by atoms with Crippen molar-refractivity contribution in [3.05, 3.63) is 75.4 Å². The number of anilines is 1. The largest absolute Gasteiger partial charge is 0.368 e. The van der Waals surface area contributed by atoms with Crippen LogP contribution in [0.25, 0.3) is 0 Å². The Bertz CT molecular complexity index is 1280. The summed E-state index contributed by atoms with van der Waals surface area (Å²) in [6.07, 6.45) is 1.71. The summed E-state index contributed by atoms with van der Waals surface area (Å²) in [5.74, 6) is 0.341. The van der Waals surface area contributed by atoms with Gasteiger partial charge in [-0.15, -0.1) is 0 Å². The average molecular weight is 496 g/mol. The summed E-state index contributed by atoms with van der Waals surface area (Å²) in [7, 11) is 0. The van der Waals surface area contributed by atoms with Gasteiger partial charge in [0.05, 0.1) is 22.3 Å². The zero-order valence-electron chi connectivity index (χ0n) is 19.5. The molecule has 6 nitrogen and oxygen atoms in total. The molecular weight excluding hydrogens is 469 g/mol. The maximum absolute atomic E-state index is 13.9. The first-order valence-corrected chi connectivity index (χ1v) is 12.2. The average Bonchev–Trinajstić information content (AvgIpc) is 3.29. The molecule has 2 aliphatic heterocycles. The third-order valence-electron chi connectivity index (χ3n) is 7.03. The van der Waals surface area contributed by atoms with Gasteiger partial charge in [0.1, 0.15) is 5.92 Å². The molecule has 34 heavy (non-hydrogen) atoms. The molecular formula is C26H27Cl2N5O. The van der Waals surface area contributed by atoms with Gasteiger partial charge >= 0.3 is 0 Å². The number of aryl methyl sites for hydroxylation is 1. The van der Waals surface area contributed by atoms with Crippen LogP contribution in [0.15, 0.2) is 53.7 Å². The quantitative estimate of drug-likeness (QED) is 0.484. The predicted octanol–water partition coefficient (Wildman–Crippen LogP) is 5.47. The molecule has 0 spiro atoms. The third-order valence-corrected chi connectivity index (χ3v) is 7.77. The number of nitrogens with zero attached hydrogens (tertiary/aromatic N) is 5. The van der Waals surface area contributed by atoms with E-state index >= 15 is 0 Å². The van der Waals surface area contributed by atoms with E-state index in [-0.39, 0.29) is 11.9 Å². The second-order valence-electron chi connectivity index (χ2n) is 9.01. The van der Waals surface area contributed by atoms with Gasteiger partial charge in [0.15, 0.2) is 5.82 Å². The topological polar surface area (TPSA) is 53.7 Å². The van der Waals surface area contributed by atoms with Gasteiger partial charge in [-0.3, -0.25) is 4.79 Å². The molecule has 2 atom stereocenters. The number of aromatic nitrogens is 2. The zero-order valence-corrected chi connectivity index (χ0v) is 21.0. The number of rotatable bonds is 3. The number of carbonyl (C=O) groups is 1. The number of hydrogen-bond acceptors (Lipinski definition) is 4. The summed E-state index contributed by atoms with van der Waals surface area (Å²) in [6.45, 7) is 9.14. The lowest BCUT2D eigenvalue weighted by Gasteiger charge is -2.40. The molecule has 1 saturated heterocycles. The highest BCUT2D eigenvalue weighted by molar-refractivity contribution is 6.42. The molecule has 3 aromatic rings. The van der Waals surface area contributed by atoms with Crippen LogP contribution in [-0.4, -0.2) is 52.5 Å². The number of benzene rings is 2. The number of aliphatic imine (C=N–C) groups is 1. The molecule has 176 valence electrons. The minimum Gasteiger partial charge on any atom is -0.368 e. The van der Waals surface area contributed by atoms with Crippen LogP contribution in [0.4, 0.5) is 11.5 Å². The Balaban J connectivity index is 1.42. The molecule has 1 amide bonds. The van der Waals surface area contributed by atoms with Crippen molar-refractivity contribution in [3.63, 3.8) is 0 Å². The Labute approximate surface area is 209 Å². The van der Waals surface area contributed by atoms with Gasteiger partial charge < -0.3 is 9.80 Å². The number of carbonyl (C=O) groups excluding carboxylic acids is 1. The maximum atomic E-state index is 13.9. The molecule has 0 saturated carbocycles. The molecule has 5 rings (SSSR count). The van der Waals surface area contributed by atoms with E-state index in [1.54, 1.807) is 12.3 Å². The van der Waals surface area contributed by atoms with E-state index in [1.165, 1.54) is 16.8 Å². The van der Waals surface area contributed by atoms with Crippen molar-refractivity contribution in [1.82, 2.24) is 14.7 Å². The number of halogens is 2. The Morgan fingerprint density at radius 2 is 1.74 bits per heavy atom.